The van der Waals surface area contributed by atoms with Gasteiger partial charge in [0, 0.05) is 12.0 Å². The van der Waals surface area contributed by atoms with Crippen LogP contribution in [-0.2, 0) is 0 Å². The molecule has 5 fully saturated rings. The molecule has 5 aliphatic carbocycles. The highest BCUT2D eigenvalue weighted by Crippen LogP contribution is 2.71. The highest BCUT2D eigenvalue weighted by atomic mass is 16.3. The van der Waals surface area contributed by atoms with Gasteiger partial charge in [0.05, 0.1) is 5.60 Å². The summed E-state index contributed by atoms with van der Waals surface area (Å²) < 4.78 is 0. The Labute approximate surface area is 122 Å². The average molecular weight is 275 g/mol. The highest BCUT2D eigenvalue weighted by molar-refractivity contribution is 5.20. The van der Waals surface area contributed by atoms with Crippen LogP contribution in [0.3, 0.4) is 0 Å². The van der Waals surface area contributed by atoms with Crippen molar-refractivity contribution in [3.05, 3.63) is 0 Å². The predicted octanol–water partition coefficient (Wildman–Crippen LogP) is 2.94. The summed E-state index contributed by atoms with van der Waals surface area (Å²) in [6.07, 6.45) is 12.0. The summed E-state index contributed by atoms with van der Waals surface area (Å²) >= 11 is 0. The van der Waals surface area contributed by atoms with Crippen LogP contribution in [0.4, 0.5) is 0 Å². The van der Waals surface area contributed by atoms with Gasteiger partial charge >= 0.3 is 0 Å². The Morgan fingerprint density at radius 3 is 2.55 bits per heavy atom. The summed E-state index contributed by atoms with van der Waals surface area (Å²) in [5.74, 6) is 4.87. The zero-order valence-corrected chi connectivity index (χ0v) is 12.6. The Hall–Kier alpha value is -0.0800. The Bertz CT molecular complexity index is 437. The maximum absolute atomic E-state index is 11.8. The van der Waals surface area contributed by atoms with E-state index in [0.717, 1.165) is 42.6 Å². The zero-order valence-electron chi connectivity index (χ0n) is 12.6. The fourth-order valence-corrected chi connectivity index (χ4v) is 8.09. The normalized spacial score (nSPS) is 63.3. The second kappa shape index (κ2) is 3.81. The van der Waals surface area contributed by atoms with Gasteiger partial charge in [0.15, 0.2) is 0 Å². The summed E-state index contributed by atoms with van der Waals surface area (Å²) in [7, 11) is 0. The molecule has 5 rings (SSSR count). The zero-order chi connectivity index (χ0) is 13.5. The topological polar surface area (TPSA) is 46.2 Å². The van der Waals surface area contributed by atoms with E-state index in [9.17, 15) is 5.11 Å². The smallest absolute Gasteiger partial charge is 0.0752 e. The predicted molar refractivity (Wildman–Crippen MR) is 78.9 cm³/mol. The SMILES string of the molecule is NCC1(C2(O)CC3CC2C2CCCC32)CC2CCC1C2. The molecule has 8 unspecified atom stereocenters. The molecule has 112 valence electrons. The van der Waals surface area contributed by atoms with Crippen molar-refractivity contribution in [2.45, 2.75) is 63.4 Å². The lowest BCUT2D eigenvalue weighted by atomic mass is 9.55. The van der Waals surface area contributed by atoms with Crippen molar-refractivity contribution < 1.29 is 5.11 Å². The van der Waals surface area contributed by atoms with E-state index in [2.05, 4.69) is 0 Å². The van der Waals surface area contributed by atoms with Gasteiger partial charge in [-0.25, -0.2) is 0 Å². The van der Waals surface area contributed by atoms with E-state index in [1.165, 1.54) is 51.4 Å². The molecule has 0 aromatic heterocycles. The fourth-order valence-electron chi connectivity index (χ4n) is 8.09. The van der Waals surface area contributed by atoms with Crippen LogP contribution in [0, 0.1) is 40.9 Å². The van der Waals surface area contributed by atoms with E-state index in [4.69, 9.17) is 5.73 Å². The van der Waals surface area contributed by atoms with E-state index in [-0.39, 0.29) is 5.41 Å². The molecule has 0 heterocycles. The summed E-state index contributed by atoms with van der Waals surface area (Å²) in [5.41, 5.74) is 6.04. The van der Waals surface area contributed by atoms with Crippen molar-refractivity contribution >= 4 is 0 Å². The molecule has 0 radical (unpaired) electrons. The molecule has 2 nitrogen and oxygen atoms in total. The third kappa shape index (κ3) is 1.22. The number of hydrogen-bond acceptors (Lipinski definition) is 2. The van der Waals surface area contributed by atoms with E-state index in [0.29, 0.717) is 5.92 Å². The maximum Gasteiger partial charge on any atom is 0.0752 e. The molecule has 0 aromatic carbocycles. The molecule has 0 spiro atoms. The molecule has 2 heteroatoms. The van der Waals surface area contributed by atoms with Crippen molar-refractivity contribution in [3.8, 4) is 0 Å². The summed E-state index contributed by atoms with van der Waals surface area (Å²) in [6.45, 7) is 0.741. The van der Waals surface area contributed by atoms with Gasteiger partial charge in [-0.05, 0) is 80.5 Å². The maximum atomic E-state index is 11.8. The molecule has 5 saturated carbocycles. The van der Waals surface area contributed by atoms with Crippen LogP contribution in [-0.4, -0.2) is 17.3 Å². The lowest BCUT2D eigenvalue weighted by Gasteiger charge is -2.54. The van der Waals surface area contributed by atoms with Crippen molar-refractivity contribution in [2.24, 2.45) is 46.7 Å². The van der Waals surface area contributed by atoms with Crippen LogP contribution in [0.5, 0.6) is 0 Å². The molecule has 0 aliphatic heterocycles. The van der Waals surface area contributed by atoms with E-state index in [1.807, 2.05) is 0 Å². The third-order valence-electron chi connectivity index (χ3n) is 8.69. The first-order valence-electron chi connectivity index (χ1n) is 9.10. The lowest BCUT2D eigenvalue weighted by molar-refractivity contribution is -0.160. The van der Waals surface area contributed by atoms with Crippen LogP contribution in [0.1, 0.15) is 57.8 Å². The van der Waals surface area contributed by atoms with Crippen LogP contribution in [0.15, 0.2) is 0 Å². The number of nitrogens with two attached hydrogens (primary N) is 1. The van der Waals surface area contributed by atoms with Gasteiger partial charge in [0.2, 0.25) is 0 Å². The average Bonchev–Trinajstić information content (AvgIpc) is 3.20. The van der Waals surface area contributed by atoms with Gasteiger partial charge in [-0.15, -0.1) is 0 Å². The third-order valence-corrected chi connectivity index (χ3v) is 8.69. The fraction of sp³-hybridized carbons (Fsp3) is 1.00. The molecular formula is C18H29NO. The van der Waals surface area contributed by atoms with Gasteiger partial charge < -0.3 is 10.8 Å². The van der Waals surface area contributed by atoms with Crippen LogP contribution in [0.25, 0.3) is 0 Å². The van der Waals surface area contributed by atoms with Gasteiger partial charge in [0.1, 0.15) is 0 Å². The van der Waals surface area contributed by atoms with E-state index < -0.39 is 5.60 Å². The minimum Gasteiger partial charge on any atom is -0.389 e. The largest absolute Gasteiger partial charge is 0.389 e. The second-order valence-corrected chi connectivity index (χ2v) is 8.93. The standard InChI is InChI=1S/C18H29NO/c19-10-17(8-11-4-5-13(17)6-11)18(20)9-12-7-16(18)15-3-1-2-14(12)15/h11-16,20H,1-10,19H2. The first-order chi connectivity index (χ1) is 9.68. The van der Waals surface area contributed by atoms with Crippen molar-refractivity contribution in [2.75, 3.05) is 6.54 Å². The number of hydrogen-bond donors (Lipinski definition) is 2. The van der Waals surface area contributed by atoms with Crippen molar-refractivity contribution in [3.63, 3.8) is 0 Å². The monoisotopic (exact) mass is 275 g/mol. The Balaban J connectivity index is 1.54. The molecular weight excluding hydrogens is 246 g/mol. The number of aliphatic hydroxyl groups is 1. The minimum atomic E-state index is -0.391. The molecule has 4 bridgehead atoms. The molecule has 0 aromatic rings. The first-order valence-corrected chi connectivity index (χ1v) is 9.10. The van der Waals surface area contributed by atoms with Crippen molar-refractivity contribution in [1.82, 2.24) is 0 Å². The Kier molecular flexibility index (Phi) is 2.38. The van der Waals surface area contributed by atoms with Gasteiger partial charge in [-0.2, -0.15) is 0 Å². The first kappa shape index (κ1) is 12.5. The van der Waals surface area contributed by atoms with E-state index in [1.54, 1.807) is 0 Å². The molecule has 0 saturated heterocycles. The summed E-state index contributed by atoms with van der Waals surface area (Å²) in [6, 6.07) is 0. The highest BCUT2D eigenvalue weighted by Gasteiger charge is 2.70. The summed E-state index contributed by atoms with van der Waals surface area (Å²) in [4.78, 5) is 0. The van der Waals surface area contributed by atoms with Crippen LogP contribution >= 0.6 is 0 Å². The lowest BCUT2D eigenvalue weighted by Crippen LogP contribution is -2.60. The quantitative estimate of drug-likeness (QED) is 0.814. The van der Waals surface area contributed by atoms with Gasteiger partial charge in [0.25, 0.3) is 0 Å². The molecule has 0 amide bonds. The molecule has 3 N–H and O–H groups in total. The van der Waals surface area contributed by atoms with Gasteiger partial charge in [-0.1, -0.05) is 12.8 Å². The van der Waals surface area contributed by atoms with Crippen LogP contribution in [0.2, 0.25) is 0 Å². The Morgan fingerprint density at radius 1 is 1.00 bits per heavy atom. The molecule has 8 atom stereocenters. The number of rotatable bonds is 2. The second-order valence-electron chi connectivity index (χ2n) is 8.93. The number of fused-ring (bicyclic) bond motifs is 7. The molecule has 5 aliphatic rings. The van der Waals surface area contributed by atoms with Gasteiger partial charge in [-0.3, -0.25) is 0 Å². The molecule has 20 heavy (non-hydrogen) atoms. The van der Waals surface area contributed by atoms with Crippen LogP contribution < -0.4 is 5.73 Å². The summed E-state index contributed by atoms with van der Waals surface area (Å²) in [5, 5.41) is 11.8. The van der Waals surface area contributed by atoms with E-state index >= 15 is 0 Å². The minimum absolute atomic E-state index is 0.100. The van der Waals surface area contributed by atoms with Crippen molar-refractivity contribution in [1.29, 1.82) is 0 Å². The Morgan fingerprint density at radius 2 is 1.85 bits per heavy atom.